The molecule has 0 amide bonds. The lowest BCUT2D eigenvalue weighted by Gasteiger charge is -2.36. The molecule has 4 N–H and O–H groups in total. The molecule has 1 saturated heterocycles. The molecular weight excluding hydrogens is 402 g/mol. The van der Waals surface area contributed by atoms with Gasteiger partial charge in [-0.25, -0.2) is 10.9 Å². The van der Waals surface area contributed by atoms with Crippen LogP contribution in [0.15, 0.2) is 53.9 Å². The summed E-state index contributed by atoms with van der Waals surface area (Å²) in [5.41, 5.74) is 14.0. The lowest BCUT2D eigenvalue weighted by molar-refractivity contribution is -0.384. The second kappa shape index (κ2) is 8.14. The van der Waals surface area contributed by atoms with E-state index < -0.39 is 23.1 Å². The van der Waals surface area contributed by atoms with E-state index in [0.29, 0.717) is 17.1 Å². The van der Waals surface area contributed by atoms with Gasteiger partial charge in [-0.05, 0) is 11.6 Å². The molecule has 160 valence electrons. The van der Waals surface area contributed by atoms with Crippen molar-refractivity contribution < 1.29 is 19.1 Å². The zero-order valence-corrected chi connectivity index (χ0v) is 16.9. The first-order chi connectivity index (χ1) is 15.0. The minimum Gasteiger partial charge on any atom is -0.497 e. The van der Waals surface area contributed by atoms with E-state index in [0.717, 1.165) is 5.56 Å². The minimum absolute atomic E-state index is 0.0198. The average Bonchev–Trinajstić information content (AvgIpc) is 3.21. The molecule has 2 aliphatic rings. The largest absolute Gasteiger partial charge is 0.497 e. The number of ether oxygens (including phenoxy) is 3. The Morgan fingerprint density at radius 3 is 2.68 bits per heavy atom. The standard InChI is InChI=1S/C21H21N5O5/c1-29-13-6-7-14(16(9-13)30-2)17-15(10-22)20(23)31-21-18(17)19(24-25-21)11-4-3-5-12(8-11)26(27)28/h3-9,17-19,21,24-25H,23H2,1-2H3. The Kier molecular flexibility index (Phi) is 5.37. The molecular formula is C21H21N5O5. The SMILES string of the molecule is COc1ccc(C2C(C#N)=C(N)OC3NNC(c4cccc([N+](=O)[O-])c4)C32)c(OC)c1. The molecule has 2 aliphatic heterocycles. The number of nitrogens with one attached hydrogen (secondary N) is 2. The Balaban J connectivity index is 1.85. The molecule has 4 unspecified atom stereocenters. The van der Waals surface area contributed by atoms with Gasteiger partial charge in [0.1, 0.15) is 17.6 Å². The molecule has 31 heavy (non-hydrogen) atoms. The summed E-state index contributed by atoms with van der Waals surface area (Å²) in [5, 5.41) is 21.2. The molecule has 10 heteroatoms. The molecule has 2 aromatic rings. The normalized spacial score (nSPS) is 24.7. The van der Waals surface area contributed by atoms with Crippen LogP contribution in [0.1, 0.15) is 23.1 Å². The monoisotopic (exact) mass is 423 g/mol. The summed E-state index contributed by atoms with van der Waals surface area (Å²) < 4.78 is 16.7. The van der Waals surface area contributed by atoms with E-state index in [1.807, 2.05) is 6.07 Å². The topological polar surface area (TPSA) is 145 Å². The quantitative estimate of drug-likeness (QED) is 0.487. The Bertz CT molecular complexity index is 1100. The Hall–Kier alpha value is -3.81. The van der Waals surface area contributed by atoms with Crippen molar-refractivity contribution in [1.29, 1.82) is 5.26 Å². The molecule has 4 atom stereocenters. The third-order valence-corrected chi connectivity index (χ3v) is 5.67. The molecule has 0 aliphatic carbocycles. The van der Waals surface area contributed by atoms with Gasteiger partial charge in [-0.3, -0.25) is 10.1 Å². The van der Waals surface area contributed by atoms with Gasteiger partial charge in [0.15, 0.2) is 6.23 Å². The number of nitrogens with zero attached hydrogens (tertiary/aromatic N) is 2. The smallest absolute Gasteiger partial charge is 0.269 e. The van der Waals surface area contributed by atoms with Gasteiger partial charge in [0.2, 0.25) is 5.88 Å². The zero-order valence-electron chi connectivity index (χ0n) is 16.9. The van der Waals surface area contributed by atoms with Crippen LogP contribution in [0.4, 0.5) is 5.69 Å². The minimum atomic E-state index is -0.557. The highest BCUT2D eigenvalue weighted by molar-refractivity contribution is 5.51. The summed E-state index contributed by atoms with van der Waals surface area (Å²) in [5.74, 6) is 0.344. The third-order valence-electron chi connectivity index (χ3n) is 5.67. The average molecular weight is 423 g/mol. The molecule has 0 saturated carbocycles. The maximum Gasteiger partial charge on any atom is 0.269 e. The van der Waals surface area contributed by atoms with E-state index in [9.17, 15) is 15.4 Å². The van der Waals surface area contributed by atoms with Crippen LogP contribution in [-0.4, -0.2) is 25.4 Å². The van der Waals surface area contributed by atoms with Gasteiger partial charge in [0.25, 0.3) is 5.69 Å². The number of nitriles is 1. The Morgan fingerprint density at radius 1 is 1.19 bits per heavy atom. The lowest BCUT2D eigenvalue weighted by Crippen LogP contribution is -2.41. The van der Waals surface area contributed by atoms with Crippen LogP contribution >= 0.6 is 0 Å². The summed E-state index contributed by atoms with van der Waals surface area (Å²) >= 11 is 0. The molecule has 4 rings (SSSR count). The van der Waals surface area contributed by atoms with E-state index in [4.69, 9.17) is 19.9 Å². The number of hydrazine groups is 1. The van der Waals surface area contributed by atoms with Crippen LogP contribution in [0, 0.1) is 27.4 Å². The zero-order chi connectivity index (χ0) is 22.1. The first-order valence-electron chi connectivity index (χ1n) is 9.52. The highest BCUT2D eigenvalue weighted by Gasteiger charge is 2.50. The van der Waals surface area contributed by atoms with Crippen molar-refractivity contribution >= 4 is 5.69 Å². The number of nitro benzene ring substituents is 1. The number of methoxy groups -OCH3 is 2. The maximum absolute atomic E-state index is 11.3. The van der Waals surface area contributed by atoms with E-state index in [-0.39, 0.29) is 23.1 Å². The molecule has 2 heterocycles. The van der Waals surface area contributed by atoms with Gasteiger partial charge < -0.3 is 19.9 Å². The number of fused-ring (bicyclic) bond motifs is 1. The van der Waals surface area contributed by atoms with Crippen LogP contribution in [-0.2, 0) is 4.74 Å². The second-order valence-corrected chi connectivity index (χ2v) is 7.21. The molecule has 2 aromatic carbocycles. The number of nitrogens with two attached hydrogens (primary N) is 1. The van der Waals surface area contributed by atoms with Gasteiger partial charge in [-0.2, -0.15) is 5.26 Å². The van der Waals surface area contributed by atoms with Crippen molar-refractivity contribution in [1.82, 2.24) is 10.9 Å². The Labute approximate surface area is 178 Å². The van der Waals surface area contributed by atoms with Crippen molar-refractivity contribution in [2.24, 2.45) is 11.7 Å². The van der Waals surface area contributed by atoms with Crippen LogP contribution in [0.3, 0.4) is 0 Å². The van der Waals surface area contributed by atoms with Gasteiger partial charge in [0, 0.05) is 35.6 Å². The summed E-state index contributed by atoms with van der Waals surface area (Å²) in [6.07, 6.45) is -0.557. The van der Waals surface area contributed by atoms with E-state index in [2.05, 4.69) is 16.9 Å². The number of rotatable bonds is 5. The first kappa shape index (κ1) is 20.5. The van der Waals surface area contributed by atoms with Crippen LogP contribution in [0.2, 0.25) is 0 Å². The number of hydrogen-bond donors (Lipinski definition) is 3. The number of benzene rings is 2. The first-order valence-corrected chi connectivity index (χ1v) is 9.52. The maximum atomic E-state index is 11.3. The number of nitro groups is 1. The van der Waals surface area contributed by atoms with Crippen molar-refractivity contribution in [2.75, 3.05) is 14.2 Å². The van der Waals surface area contributed by atoms with Crippen LogP contribution < -0.4 is 26.1 Å². The van der Waals surface area contributed by atoms with Crippen molar-refractivity contribution in [3.05, 3.63) is 75.2 Å². The van der Waals surface area contributed by atoms with E-state index in [1.54, 1.807) is 31.4 Å². The molecule has 0 radical (unpaired) electrons. The fourth-order valence-electron chi connectivity index (χ4n) is 4.26. The summed E-state index contributed by atoms with van der Waals surface area (Å²) in [6.45, 7) is 0. The van der Waals surface area contributed by atoms with E-state index in [1.165, 1.54) is 19.2 Å². The van der Waals surface area contributed by atoms with Gasteiger partial charge >= 0.3 is 0 Å². The second-order valence-electron chi connectivity index (χ2n) is 7.21. The predicted octanol–water partition coefficient (Wildman–Crippen LogP) is 2.21. The fourth-order valence-corrected chi connectivity index (χ4v) is 4.26. The van der Waals surface area contributed by atoms with Gasteiger partial charge in [-0.1, -0.05) is 18.2 Å². The Morgan fingerprint density at radius 2 is 2.00 bits per heavy atom. The predicted molar refractivity (Wildman–Crippen MR) is 110 cm³/mol. The molecule has 10 nitrogen and oxygen atoms in total. The molecule has 0 aromatic heterocycles. The van der Waals surface area contributed by atoms with Crippen molar-refractivity contribution in [3.8, 4) is 17.6 Å². The summed E-state index contributed by atoms with van der Waals surface area (Å²) in [4.78, 5) is 10.8. The third kappa shape index (κ3) is 3.50. The lowest BCUT2D eigenvalue weighted by atomic mass is 9.74. The number of allylic oxidation sites excluding steroid dienone is 1. The van der Waals surface area contributed by atoms with Crippen molar-refractivity contribution in [3.63, 3.8) is 0 Å². The summed E-state index contributed by atoms with van der Waals surface area (Å²) in [7, 11) is 3.10. The molecule has 0 bridgehead atoms. The molecule has 1 fully saturated rings. The fraction of sp³-hybridized carbons (Fsp3) is 0.286. The number of non-ortho nitro benzene ring substituents is 1. The number of hydrogen-bond acceptors (Lipinski definition) is 9. The van der Waals surface area contributed by atoms with Gasteiger partial charge in [-0.15, -0.1) is 0 Å². The van der Waals surface area contributed by atoms with Crippen LogP contribution in [0.5, 0.6) is 11.5 Å². The molecule has 0 spiro atoms. The van der Waals surface area contributed by atoms with E-state index >= 15 is 0 Å². The summed E-state index contributed by atoms with van der Waals surface area (Å²) in [6, 6.07) is 13.5. The van der Waals surface area contributed by atoms with Crippen LogP contribution in [0.25, 0.3) is 0 Å². The van der Waals surface area contributed by atoms with Gasteiger partial charge in [0.05, 0.1) is 30.8 Å². The van der Waals surface area contributed by atoms with Crippen molar-refractivity contribution in [2.45, 2.75) is 18.2 Å². The highest BCUT2D eigenvalue weighted by Crippen LogP contribution is 2.50. The highest BCUT2D eigenvalue weighted by atomic mass is 16.6.